The van der Waals surface area contributed by atoms with Crippen LogP contribution in [-0.2, 0) is 18.3 Å². The second-order valence-electron chi connectivity index (χ2n) is 7.31. The third kappa shape index (κ3) is 5.08. The molecule has 0 aliphatic rings. The molecule has 7 nitrogen and oxygen atoms in total. The summed E-state index contributed by atoms with van der Waals surface area (Å²) in [5.74, 6) is 0.287. The highest BCUT2D eigenvalue weighted by Gasteiger charge is 2.33. The lowest BCUT2D eigenvalue weighted by Gasteiger charge is -2.29. The molecule has 0 aliphatic carbocycles. The van der Waals surface area contributed by atoms with Crippen LogP contribution in [-0.4, -0.2) is 34.3 Å². The smallest absolute Gasteiger partial charge is 0.394 e. The minimum Gasteiger partial charge on any atom is -0.394 e. The van der Waals surface area contributed by atoms with Gasteiger partial charge in [-0.1, -0.05) is 24.3 Å². The first-order valence-electron chi connectivity index (χ1n) is 9.72. The number of rotatable bonds is 7. The normalized spacial score (nSPS) is 13.6. The van der Waals surface area contributed by atoms with Crippen LogP contribution in [0, 0.1) is 0 Å². The van der Waals surface area contributed by atoms with Crippen molar-refractivity contribution in [3.05, 3.63) is 59.2 Å². The highest BCUT2D eigenvalue weighted by atomic mass is 19.4. The molecule has 2 aromatic carbocycles. The zero-order chi connectivity index (χ0) is 22.6. The number of fused-ring (bicyclic) bond motifs is 1. The van der Waals surface area contributed by atoms with Crippen molar-refractivity contribution in [2.45, 2.75) is 32.1 Å². The quantitative estimate of drug-likeness (QED) is 0.390. The molecule has 5 N–H and O–H groups in total. The third-order valence-corrected chi connectivity index (χ3v) is 4.91. The van der Waals surface area contributed by atoms with Crippen molar-refractivity contribution in [3.63, 3.8) is 0 Å². The number of alkyl halides is 3. The number of hydrogen-bond acceptors (Lipinski definition) is 4. The summed E-state index contributed by atoms with van der Waals surface area (Å²) in [5, 5.41) is 18.4. The summed E-state index contributed by atoms with van der Waals surface area (Å²) >= 11 is 0. The Morgan fingerprint density at radius 1 is 1.13 bits per heavy atom. The number of H-pyrrole nitrogens is 1. The molecule has 1 unspecified atom stereocenters. The molecule has 31 heavy (non-hydrogen) atoms. The van der Waals surface area contributed by atoms with E-state index in [2.05, 4.69) is 25.9 Å². The largest absolute Gasteiger partial charge is 0.416 e. The van der Waals surface area contributed by atoms with E-state index >= 15 is 0 Å². The third-order valence-electron chi connectivity index (χ3n) is 4.91. The van der Waals surface area contributed by atoms with Crippen molar-refractivity contribution >= 4 is 23.0 Å². The maximum Gasteiger partial charge on any atom is 0.416 e. The van der Waals surface area contributed by atoms with Gasteiger partial charge < -0.3 is 26.0 Å². The van der Waals surface area contributed by atoms with Crippen LogP contribution in [0.2, 0.25) is 0 Å². The maximum atomic E-state index is 13.1. The fraction of sp³-hybridized carbons (Fsp3) is 0.333. The highest BCUT2D eigenvalue weighted by molar-refractivity contribution is 5.82. The summed E-state index contributed by atoms with van der Waals surface area (Å²) in [4.78, 5) is 19.2. The minimum atomic E-state index is -4.49. The molecular weight excluding hydrogens is 411 g/mol. The number of aliphatic hydroxyl groups is 1. The van der Waals surface area contributed by atoms with Gasteiger partial charge in [0.1, 0.15) is 0 Å². The molecule has 1 heterocycles. The number of para-hydroxylation sites is 1. The molecule has 10 heteroatoms. The summed E-state index contributed by atoms with van der Waals surface area (Å²) in [6.45, 7) is 3.69. The van der Waals surface area contributed by atoms with Gasteiger partial charge in [-0.2, -0.15) is 13.2 Å². The number of anilines is 1. The second-order valence-corrected chi connectivity index (χ2v) is 7.31. The molecule has 0 saturated carbocycles. The fourth-order valence-electron chi connectivity index (χ4n) is 3.20. The number of nitrogens with zero attached hydrogens (tertiary/aromatic N) is 1. The van der Waals surface area contributed by atoms with Crippen LogP contribution in [0.1, 0.15) is 30.5 Å². The van der Waals surface area contributed by atoms with Gasteiger partial charge in [-0.25, -0.2) is 9.78 Å². The molecule has 0 saturated heterocycles. The predicted molar refractivity (Wildman–Crippen MR) is 112 cm³/mol. The van der Waals surface area contributed by atoms with Crippen molar-refractivity contribution < 1.29 is 23.1 Å². The number of amides is 2. The zero-order valence-corrected chi connectivity index (χ0v) is 17.1. The van der Waals surface area contributed by atoms with Gasteiger partial charge in [-0.15, -0.1) is 0 Å². The molecule has 0 spiro atoms. The summed E-state index contributed by atoms with van der Waals surface area (Å²) in [6, 6.07) is 9.92. The number of nitrogens with one attached hydrogen (secondary N) is 4. The Bertz CT molecular complexity index is 1070. The zero-order valence-electron chi connectivity index (χ0n) is 17.1. The van der Waals surface area contributed by atoms with Crippen LogP contribution in [0.15, 0.2) is 42.5 Å². The van der Waals surface area contributed by atoms with Crippen LogP contribution in [0.4, 0.5) is 23.9 Å². The van der Waals surface area contributed by atoms with E-state index in [0.29, 0.717) is 17.6 Å². The Morgan fingerprint density at radius 2 is 1.84 bits per heavy atom. The van der Waals surface area contributed by atoms with Crippen molar-refractivity contribution in [3.8, 4) is 0 Å². The highest BCUT2D eigenvalue weighted by Crippen LogP contribution is 2.33. The molecule has 1 atom stereocenters. The lowest BCUT2D eigenvalue weighted by Crippen LogP contribution is -2.36. The van der Waals surface area contributed by atoms with Crippen molar-refractivity contribution in [2.75, 3.05) is 18.5 Å². The van der Waals surface area contributed by atoms with Crippen molar-refractivity contribution in [1.29, 1.82) is 0 Å². The Hall–Kier alpha value is -3.27. The molecule has 3 aromatic rings. The minimum absolute atomic E-state index is 0.248. The second kappa shape index (κ2) is 8.84. The number of carbonyl (C=O) groups excluding carboxylic acids is 1. The first-order chi connectivity index (χ1) is 14.7. The van der Waals surface area contributed by atoms with E-state index in [-0.39, 0.29) is 24.1 Å². The standard InChI is InChI=1S/C21H24F3N5O2/c1-3-25-19(31)26-11-13-6-4-9-16-17(13)28-18(27-16)29-20(2,12-30)14-7-5-8-15(10-14)21(22,23)24/h4-10,30H,3,11-12H2,1-2H3,(H2,25,26,31)(H2,27,28,29). The van der Waals surface area contributed by atoms with Crippen LogP contribution in [0.3, 0.4) is 0 Å². The topological polar surface area (TPSA) is 102 Å². The van der Waals surface area contributed by atoms with Gasteiger partial charge in [0.25, 0.3) is 0 Å². The summed E-state index contributed by atoms with van der Waals surface area (Å²) in [6.07, 6.45) is -4.49. The Labute approximate surface area is 177 Å². The van der Waals surface area contributed by atoms with Gasteiger partial charge >= 0.3 is 12.2 Å². The maximum absolute atomic E-state index is 13.1. The van der Waals surface area contributed by atoms with Crippen LogP contribution < -0.4 is 16.0 Å². The van der Waals surface area contributed by atoms with E-state index in [9.17, 15) is 23.1 Å². The van der Waals surface area contributed by atoms with Gasteiger partial charge in [0, 0.05) is 13.1 Å². The molecule has 166 valence electrons. The average molecular weight is 435 g/mol. The lowest BCUT2D eigenvalue weighted by molar-refractivity contribution is -0.137. The van der Waals surface area contributed by atoms with E-state index < -0.39 is 23.9 Å². The van der Waals surface area contributed by atoms with Gasteiger partial charge in [0.05, 0.1) is 28.7 Å². The van der Waals surface area contributed by atoms with Gasteiger partial charge in [-0.3, -0.25) is 0 Å². The van der Waals surface area contributed by atoms with E-state index in [1.165, 1.54) is 12.1 Å². The molecular formula is C21H24F3N5O2. The van der Waals surface area contributed by atoms with E-state index in [1.54, 1.807) is 19.1 Å². The molecule has 3 rings (SSSR count). The number of aromatic nitrogens is 2. The van der Waals surface area contributed by atoms with Crippen LogP contribution >= 0.6 is 0 Å². The van der Waals surface area contributed by atoms with E-state index in [1.807, 2.05) is 13.0 Å². The first-order valence-corrected chi connectivity index (χ1v) is 9.72. The lowest BCUT2D eigenvalue weighted by atomic mass is 9.91. The summed E-state index contributed by atoms with van der Waals surface area (Å²) in [7, 11) is 0. The number of imidazole rings is 1. The number of aromatic amines is 1. The first kappa shape index (κ1) is 22.4. The predicted octanol–water partition coefficient (Wildman–Crippen LogP) is 3.72. The number of urea groups is 1. The Morgan fingerprint density at radius 3 is 2.52 bits per heavy atom. The molecule has 0 bridgehead atoms. The van der Waals surface area contributed by atoms with Crippen LogP contribution in [0.25, 0.3) is 11.0 Å². The number of carbonyl (C=O) groups is 1. The molecule has 2 amide bonds. The number of benzene rings is 2. The number of aliphatic hydroxyl groups excluding tert-OH is 1. The number of halogens is 3. The van der Waals surface area contributed by atoms with Gasteiger partial charge in [0.2, 0.25) is 5.95 Å². The monoisotopic (exact) mass is 435 g/mol. The Balaban J connectivity index is 1.88. The molecule has 0 radical (unpaired) electrons. The van der Waals surface area contributed by atoms with E-state index in [0.717, 1.165) is 17.7 Å². The molecule has 0 fully saturated rings. The van der Waals surface area contributed by atoms with Gasteiger partial charge in [-0.05, 0) is 43.2 Å². The van der Waals surface area contributed by atoms with Crippen LogP contribution in [0.5, 0.6) is 0 Å². The Kier molecular flexibility index (Phi) is 6.40. The number of hydrogen-bond donors (Lipinski definition) is 5. The molecule has 1 aromatic heterocycles. The molecule has 0 aliphatic heterocycles. The SMILES string of the molecule is CCNC(=O)NCc1cccc2[nH]c(NC(C)(CO)c3cccc(C(F)(F)F)c3)nc12. The summed E-state index contributed by atoms with van der Waals surface area (Å²) in [5.41, 5.74) is 0.304. The summed E-state index contributed by atoms with van der Waals surface area (Å²) < 4.78 is 39.3. The van der Waals surface area contributed by atoms with Crippen molar-refractivity contribution in [2.24, 2.45) is 0 Å². The van der Waals surface area contributed by atoms with Crippen molar-refractivity contribution in [1.82, 2.24) is 20.6 Å². The average Bonchev–Trinajstić information content (AvgIpc) is 3.14. The fourth-order valence-corrected chi connectivity index (χ4v) is 3.20. The van der Waals surface area contributed by atoms with Gasteiger partial charge in [0.15, 0.2) is 0 Å². The van der Waals surface area contributed by atoms with E-state index in [4.69, 9.17) is 0 Å².